The molecule has 0 saturated heterocycles. The molecule has 0 atom stereocenters. The molecule has 0 fully saturated rings. The van der Waals surface area contributed by atoms with Crippen molar-refractivity contribution in [3.8, 4) is 0 Å². The molecule has 0 aliphatic heterocycles. The van der Waals surface area contributed by atoms with Crippen molar-refractivity contribution >= 4 is 39.0 Å². The van der Waals surface area contributed by atoms with E-state index in [0.717, 1.165) is 0 Å². The van der Waals surface area contributed by atoms with Crippen molar-refractivity contribution in [3.05, 3.63) is 15.2 Å². The molecule has 11 heavy (non-hydrogen) atoms. The highest BCUT2D eigenvalue weighted by atomic mass is 79.9. The van der Waals surface area contributed by atoms with Crippen LogP contribution in [0.1, 0.15) is 19.8 Å². The lowest BCUT2D eigenvalue weighted by atomic mass is 10.4. The number of thioether (sulfide) groups is 1. The van der Waals surface area contributed by atoms with E-state index in [1.807, 2.05) is 11.8 Å². The van der Waals surface area contributed by atoms with Crippen LogP contribution in [-0.4, -0.2) is 5.75 Å². The molecule has 0 amide bonds. The largest absolute Gasteiger partial charge is 0.136 e. The number of hydrogen-bond acceptors (Lipinski definition) is 2. The van der Waals surface area contributed by atoms with Gasteiger partial charge >= 0.3 is 0 Å². The summed E-state index contributed by atoms with van der Waals surface area (Å²) in [7, 11) is 0. The molecule has 0 spiro atoms. The molecular weight excluding hydrogens is 240 g/mol. The molecule has 0 aliphatic rings. The van der Waals surface area contributed by atoms with Crippen LogP contribution in [0.15, 0.2) is 20.1 Å². The second-order valence-electron chi connectivity index (χ2n) is 2.26. The first-order chi connectivity index (χ1) is 5.34. The zero-order chi connectivity index (χ0) is 8.10. The van der Waals surface area contributed by atoms with Gasteiger partial charge in [0.05, 0.1) is 3.79 Å². The standard InChI is InChI=1S/C8H11BrS2/c1-2-3-5-10-7-4-6-11-8(7)9/h4,6H,2-3,5H2,1H3. The van der Waals surface area contributed by atoms with Crippen LogP contribution in [0.25, 0.3) is 0 Å². The third kappa shape index (κ3) is 3.18. The first-order valence-electron chi connectivity index (χ1n) is 3.70. The van der Waals surface area contributed by atoms with Crippen LogP contribution in [0.3, 0.4) is 0 Å². The van der Waals surface area contributed by atoms with Crippen LogP contribution in [0.2, 0.25) is 0 Å². The number of thiophene rings is 1. The summed E-state index contributed by atoms with van der Waals surface area (Å²) >= 11 is 7.22. The molecule has 1 aromatic heterocycles. The van der Waals surface area contributed by atoms with Crippen LogP contribution in [-0.2, 0) is 0 Å². The van der Waals surface area contributed by atoms with E-state index < -0.39 is 0 Å². The predicted octanol–water partition coefficient (Wildman–Crippen LogP) is 4.40. The second-order valence-corrected chi connectivity index (χ2v) is 5.63. The molecule has 3 heteroatoms. The highest BCUT2D eigenvalue weighted by Crippen LogP contribution is 2.32. The minimum atomic E-state index is 1.24. The van der Waals surface area contributed by atoms with Crippen molar-refractivity contribution in [3.63, 3.8) is 0 Å². The van der Waals surface area contributed by atoms with Crippen molar-refractivity contribution in [2.45, 2.75) is 24.7 Å². The molecule has 62 valence electrons. The Kier molecular flexibility index (Phi) is 4.57. The van der Waals surface area contributed by atoms with Gasteiger partial charge in [-0.25, -0.2) is 0 Å². The summed E-state index contributed by atoms with van der Waals surface area (Å²) < 4.78 is 1.28. The van der Waals surface area contributed by atoms with Gasteiger partial charge in [0.15, 0.2) is 0 Å². The average Bonchev–Trinajstić information content (AvgIpc) is 2.37. The van der Waals surface area contributed by atoms with Crippen molar-refractivity contribution in [2.75, 3.05) is 5.75 Å². The van der Waals surface area contributed by atoms with E-state index in [-0.39, 0.29) is 0 Å². The van der Waals surface area contributed by atoms with Gasteiger partial charge in [0.25, 0.3) is 0 Å². The Labute approximate surface area is 84.5 Å². The van der Waals surface area contributed by atoms with Crippen LogP contribution in [0.4, 0.5) is 0 Å². The predicted molar refractivity (Wildman–Crippen MR) is 57.7 cm³/mol. The van der Waals surface area contributed by atoms with Gasteiger partial charge in [-0.05, 0) is 39.6 Å². The Morgan fingerprint density at radius 1 is 1.64 bits per heavy atom. The topological polar surface area (TPSA) is 0 Å². The Morgan fingerprint density at radius 3 is 3.00 bits per heavy atom. The van der Waals surface area contributed by atoms with E-state index in [0.29, 0.717) is 0 Å². The second kappa shape index (κ2) is 5.22. The molecule has 1 aromatic rings. The van der Waals surface area contributed by atoms with Gasteiger partial charge < -0.3 is 0 Å². The molecule has 0 bridgehead atoms. The van der Waals surface area contributed by atoms with Crippen molar-refractivity contribution in [1.82, 2.24) is 0 Å². The zero-order valence-electron chi connectivity index (χ0n) is 6.47. The number of halogens is 1. The molecule has 1 heterocycles. The van der Waals surface area contributed by atoms with Crippen LogP contribution < -0.4 is 0 Å². The van der Waals surface area contributed by atoms with E-state index in [4.69, 9.17) is 0 Å². The van der Waals surface area contributed by atoms with E-state index in [9.17, 15) is 0 Å². The lowest BCUT2D eigenvalue weighted by molar-refractivity contribution is 0.896. The maximum Gasteiger partial charge on any atom is 0.0834 e. The molecule has 0 aromatic carbocycles. The third-order valence-corrected chi connectivity index (χ3v) is 4.56. The number of rotatable bonds is 4. The molecule has 0 nitrogen and oxygen atoms in total. The minimum absolute atomic E-state index is 1.24. The smallest absolute Gasteiger partial charge is 0.0834 e. The Bertz CT molecular complexity index is 208. The zero-order valence-corrected chi connectivity index (χ0v) is 9.69. The molecule has 0 unspecified atom stereocenters. The monoisotopic (exact) mass is 250 g/mol. The summed E-state index contributed by atoms with van der Waals surface area (Å²) in [6, 6.07) is 2.18. The molecule has 0 aliphatic carbocycles. The summed E-state index contributed by atoms with van der Waals surface area (Å²) in [5.74, 6) is 1.24. The fourth-order valence-electron chi connectivity index (χ4n) is 0.710. The number of hydrogen-bond donors (Lipinski definition) is 0. The van der Waals surface area contributed by atoms with Gasteiger partial charge in [-0.15, -0.1) is 23.1 Å². The maximum atomic E-state index is 3.52. The fraction of sp³-hybridized carbons (Fsp3) is 0.500. The van der Waals surface area contributed by atoms with E-state index in [1.54, 1.807) is 11.3 Å². The first-order valence-corrected chi connectivity index (χ1v) is 6.36. The van der Waals surface area contributed by atoms with Gasteiger partial charge in [-0.2, -0.15) is 0 Å². The Balaban J connectivity index is 2.32. The summed E-state index contributed by atoms with van der Waals surface area (Å²) in [5.41, 5.74) is 0. The van der Waals surface area contributed by atoms with Crippen LogP contribution in [0.5, 0.6) is 0 Å². The lowest BCUT2D eigenvalue weighted by Crippen LogP contribution is -1.75. The quantitative estimate of drug-likeness (QED) is 0.564. The van der Waals surface area contributed by atoms with Crippen molar-refractivity contribution in [2.24, 2.45) is 0 Å². The van der Waals surface area contributed by atoms with Gasteiger partial charge in [0.2, 0.25) is 0 Å². The van der Waals surface area contributed by atoms with Crippen LogP contribution >= 0.6 is 39.0 Å². The van der Waals surface area contributed by atoms with E-state index >= 15 is 0 Å². The molecule has 0 radical (unpaired) electrons. The summed E-state index contributed by atoms with van der Waals surface area (Å²) in [5, 5.41) is 2.12. The summed E-state index contributed by atoms with van der Waals surface area (Å²) in [6.07, 6.45) is 2.60. The molecule has 1 rings (SSSR count). The minimum Gasteiger partial charge on any atom is -0.136 e. The molecule has 0 saturated carbocycles. The first kappa shape index (κ1) is 9.62. The molecular formula is C8H11BrS2. The summed E-state index contributed by atoms with van der Waals surface area (Å²) in [4.78, 5) is 1.39. The normalized spacial score (nSPS) is 10.4. The van der Waals surface area contributed by atoms with E-state index in [2.05, 4.69) is 34.3 Å². The highest BCUT2D eigenvalue weighted by Gasteiger charge is 1.99. The van der Waals surface area contributed by atoms with Gasteiger partial charge in [0, 0.05) is 4.90 Å². The van der Waals surface area contributed by atoms with Crippen molar-refractivity contribution < 1.29 is 0 Å². The Morgan fingerprint density at radius 2 is 2.45 bits per heavy atom. The average molecular weight is 251 g/mol. The Hall–Kier alpha value is 0.530. The van der Waals surface area contributed by atoms with Crippen LogP contribution in [0, 0.1) is 0 Å². The third-order valence-electron chi connectivity index (χ3n) is 1.34. The molecule has 0 N–H and O–H groups in total. The van der Waals surface area contributed by atoms with Gasteiger partial charge in [-0.3, -0.25) is 0 Å². The van der Waals surface area contributed by atoms with Gasteiger partial charge in [-0.1, -0.05) is 13.3 Å². The van der Waals surface area contributed by atoms with Gasteiger partial charge in [0.1, 0.15) is 0 Å². The summed E-state index contributed by atoms with van der Waals surface area (Å²) in [6.45, 7) is 2.23. The highest BCUT2D eigenvalue weighted by molar-refractivity contribution is 9.11. The fourth-order valence-corrected chi connectivity index (χ4v) is 3.36. The maximum absolute atomic E-state index is 3.52. The van der Waals surface area contributed by atoms with Crippen molar-refractivity contribution in [1.29, 1.82) is 0 Å². The number of unbranched alkanes of at least 4 members (excludes halogenated alkanes) is 1. The van der Waals surface area contributed by atoms with E-state index in [1.165, 1.54) is 27.3 Å². The lowest BCUT2D eigenvalue weighted by Gasteiger charge is -1.96. The SMILES string of the molecule is CCCCSc1ccsc1Br.